The molecule has 0 spiro atoms. The first-order valence-corrected chi connectivity index (χ1v) is 5.79. The minimum Gasteiger partial charge on any atom is -0.399 e. The quantitative estimate of drug-likeness (QED) is 0.824. The lowest BCUT2D eigenvalue weighted by Crippen LogP contribution is -2.33. The molecule has 1 heterocycles. The molecule has 1 saturated carbocycles. The molecule has 82 valence electrons. The Morgan fingerprint density at radius 2 is 2.20 bits per heavy atom. The van der Waals surface area contributed by atoms with Crippen LogP contribution < -0.4 is 10.6 Å². The Morgan fingerprint density at radius 3 is 2.80 bits per heavy atom. The van der Waals surface area contributed by atoms with Crippen molar-refractivity contribution in [1.29, 1.82) is 0 Å². The molecule has 2 N–H and O–H groups in total. The number of anilines is 2. The van der Waals surface area contributed by atoms with E-state index in [0.29, 0.717) is 6.04 Å². The number of nitrogens with zero attached hydrogens (tertiary/aromatic N) is 2. The summed E-state index contributed by atoms with van der Waals surface area (Å²) in [6.45, 7) is 3.20. The van der Waals surface area contributed by atoms with E-state index in [1.165, 1.54) is 25.7 Å². The summed E-state index contributed by atoms with van der Waals surface area (Å²) in [7, 11) is 0. The van der Waals surface area contributed by atoms with Crippen molar-refractivity contribution in [3.05, 3.63) is 18.3 Å². The first kappa shape index (κ1) is 10.3. The predicted molar refractivity (Wildman–Crippen MR) is 63.9 cm³/mol. The number of aromatic nitrogens is 1. The lowest BCUT2D eigenvalue weighted by atomic mass is 10.2. The molecule has 1 aromatic heterocycles. The van der Waals surface area contributed by atoms with Crippen molar-refractivity contribution < 1.29 is 0 Å². The van der Waals surface area contributed by atoms with Crippen LogP contribution >= 0.6 is 0 Å². The summed E-state index contributed by atoms with van der Waals surface area (Å²) < 4.78 is 0. The summed E-state index contributed by atoms with van der Waals surface area (Å²) >= 11 is 0. The zero-order chi connectivity index (χ0) is 10.7. The fourth-order valence-electron chi connectivity index (χ4n) is 2.41. The van der Waals surface area contributed by atoms with Gasteiger partial charge < -0.3 is 10.6 Å². The maximum Gasteiger partial charge on any atom is 0.130 e. The Kier molecular flexibility index (Phi) is 3.09. The average Bonchev–Trinajstić information content (AvgIpc) is 2.72. The van der Waals surface area contributed by atoms with Gasteiger partial charge in [-0.05, 0) is 25.8 Å². The van der Waals surface area contributed by atoms with Gasteiger partial charge in [-0.15, -0.1) is 0 Å². The monoisotopic (exact) mass is 205 g/mol. The second-order valence-corrected chi connectivity index (χ2v) is 4.17. The van der Waals surface area contributed by atoms with E-state index in [2.05, 4.69) is 16.8 Å². The molecular weight excluding hydrogens is 186 g/mol. The molecule has 0 amide bonds. The van der Waals surface area contributed by atoms with E-state index in [9.17, 15) is 0 Å². The summed E-state index contributed by atoms with van der Waals surface area (Å²) in [5, 5.41) is 0. The zero-order valence-corrected chi connectivity index (χ0v) is 9.32. The van der Waals surface area contributed by atoms with E-state index in [-0.39, 0.29) is 0 Å². The molecule has 0 radical (unpaired) electrons. The van der Waals surface area contributed by atoms with E-state index in [0.717, 1.165) is 18.1 Å². The van der Waals surface area contributed by atoms with Crippen LogP contribution in [0.1, 0.15) is 32.6 Å². The van der Waals surface area contributed by atoms with Crippen molar-refractivity contribution >= 4 is 11.5 Å². The Bertz CT molecular complexity index is 318. The van der Waals surface area contributed by atoms with Gasteiger partial charge in [-0.1, -0.05) is 12.8 Å². The van der Waals surface area contributed by atoms with E-state index in [1.54, 1.807) is 6.20 Å². The summed E-state index contributed by atoms with van der Waals surface area (Å²) in [4.78, 5) is 6.78. The SMILES string of the molecule is CCN(c1cc(N)ccn1)C1CCCC1. The second-order valence-electron chi connectivity index (χ2n) is 4.17. The first-order valence-electron chi connectivity index (χ1n) is 5.79. The average molecular weight is 205 g/mol. The molecule has 0 saturated heterocycles. The Hall–Kier alpha value is -1.25. The van der Waals surface area contributed by atoms with Gasteiger partial charge in [0.2, 0.25) is 0 Å². The first-order chi connectivity index (χ1) is 7.31. The Morgan fingerprint density at radius 1 is 1.47 bits per heavy atom. The van der Waals surface area contributed by atoms with Crippen molar-refractivity contribution in [2.24, 2.45) is 0 Å². The number of rotatable bonds is 3. The highest BCUT2D eigenvalue weighted by atomic mass is 15.2. The van der Waals surface area contributed by atoms with Crippen LogP contribution in [0.5, 0.6) is 0 Å². The number of nitrogens with two attached hydrogens (primary N) is 1. The van der Waals surface area contributed by atoms with Crippen molar-refractivity contribution in [2.45, 2.75) is 38.6 Å². The van der Waals surface area contributed by atoms with Crippen molar-refractivity contribution in [3.8, 4) is 0 Å². The molecule has 0 bridgehead atoms. The van der Waals surface area contributed by atoms with Gasteiger partial charge in [0, 0.05) is 30.5 Å². The van der Waals surface area contributed by atoms with Gasteiger partial charge in [-0.3, -0.25) is 0 Å². The summed E-state index contributed by atoms with van der Waals surface area (Å²) in [6, 6.07) is 4.48. The third-order valence-corrected chi connectivity index (χ3v) is 3.17. The van der Waals surface area contributed by atoms with Crippen LogP contribution in [0, 0.1) is 0 Å². The van der Waals surface area contributed by atoms with Crippen LogP contribution in [0.3, 0.4) is 0 Å². The van der Waals surface area contributed by atoms with E-state index < -0.39 is 0 Å². The minimum atomic E-state index is 0.671. The fraction of sp³-hybridized carbons (Fsp3) is 0.583. The molecule has 1 fully saturated rings. The third kappa shape index (κ3) is 2.22. The summed E-state index contributed by atoms with van der Waals surface area (Å²) in [5.74, 6) is 1.03. The van der Waals surface area contributed by atoms with E-state index in [4.69, 9.17) is 5.73 Å². The minimum absolute atomic E-state index is 0.671. The van der Waals surface area contributed by atoms with Crippen molar-refractivity contribution in [3.63, 3.8) is 0 Å². The molecule has 1 aliphatic rings. The van der Waals surface area contributed by atoms with Crippen LogP contribution in [0.2, 0.25) is 0 Å². The lowest BCUT2D eigenvalue weighted by molar-refractivity contribution is 0.613. The maximum absolute atomic E-state index is 5.78. The molecule has 15 heavy (non-hydrogen) atoms. The normalized spacial score (nSPS) is 16.9. The molecule has 0 atom stereocenters. The van der Waals surface area contributed by atoms with Crippen LogP contribution in [0.15, 0.2) is 18.3 Å². The molecule has 1 aliphatic carbocycles. The summed E-state index contributed by atoms with van der Waals surface area (Å²) in [6.07, 6.45) is 7.09. The highest BCUT2D eigenvalue weighted by Crippen LogP contribution is 2.27. The molecule has 1 aromatic rings. The van der Waals surface area contributed by atoms with E-state index in [1.807, 2.05) is 12.1 Å². The van der Waals surface area contributed by atoms with Crippen LogP contribution in [0.25, 0.3) is 0 Å². The molecule has 0 unspecified atom stereocenters. The molecular formula is C12H19N3. The van der Waals surface area contributed by atoms with E-state index >= 15 is 0 Å². The number of nitrogen functional groups attached to an aromatic ring is 1. The largest absolute Gasteiger partial charge is 0.399 e. The highest BCUT2D eigenvalue weighted by molar-refractivity contribution is 5.50. The topological polar surface area (TPSA) is 42.1 Å². The van der Waals surface area contributed by atoms with Crippen LogP contribution in [-0.4, -0.2) is 17.6 Å². The fourth-order valence-corrected chi connectivity index (χ4v) is 2.41. The van der Waals surface area contributed by atoms with Gasteiger partial charge in [0.1, 0.15) is 5.82 Å². The van der Waals surface area contributed by atoms with Crippen molar-refractivity contribution in [2.75, 3.05) is 17.2 Å². The van der Waals surface area contributed by atoms with Gasteiger partial charge in [-0.25, -0.2) is 4.98 Å². The summed E-state index contributed by atoms with van der Waals surface area (Å²) in [5.41, 5.74) is 6.59. The Labute approximate surface area is 91.3 Å². The molecule has 0 aromatic carbocycles. The smallest absolute Gasteiger partial charge is 0.130 e. The maximum atomic E-state index is 5.78. The van der Waals surface area contributed by atoms with Crippen molar-refractivity contribution in [1.82, 2.24) is 4.98 Å². The molecule has 3 nitrogen and oxygen atoms in total. The Balaban J connectivity index is 2.18. The number of pyridine rings is 1. The van der Waals surface area contributed by atoms with Gasteiger partial charge in [0.05, 0.1) is 0 Å². The van der Waals surface area contributed by atoms with Gasteiger partial charge in [0.25, 0.3) is 0 Å². The molecule has 2 rings (SSSR count). The molecule has 3 heteroatoms. The van der Waals surface area contributed by atoms with Crippen LogP contribution in [0.4, 0.5) is 11.5 Å². The lowest BCUT2D eigenvalue weighted by Gasteiger charge is -2.28. The molecule has 0 aliphatic heterocycles. The number of hydrogen-bond donors (Lipinski definition) is 1. The van der Waals surface area contributed by atoms with Gasteiger partial charge >= 0.3 is 0 Å². The van der Waals surface area contributed by atoms with Crippen LogP contribution in [-0.2, 0) is 0 Å². The standard InChI is InChI=1S/C12H19N3/c1-2-15(11-5-3-4-6-11)12-9-10(13)7-8-14-12/h7-9,11H,2-6H2,1H3,(H2,13,14). The zero-order valence-electron chi connectivity index (χ0n) is 9.32. The third-order valence-electron chi connectivity index (χ3n) is 3.17. The van der Waals surface area contributed by atoms with Gasteiger partial charge in [-0.2, -0.15) is 0 Å². The van der Waals surface area contributed by atoms with Gasteiger partial charge in [0.15, 0.2) is 0 Å². The highest BCUT2D eigenvalue weighted by Gasteiger charge is 2.22. The number of hydrogen-bond acceptors (Lipinski definition) is 3. The second kappa shape index (κ2) is 4.51. The predicted octanol–water partition coefficient (Wildman–Crippen LogP) is 2.43.